The van der Waals surface area contributed by atoms with Crippen LogP contribution in [0.5, 0.6) is 0 Å². The Kier molecular flexibility index (Phi) is 5.95. The zero-order valence-corrected chi connectivity index (χ0v) is 14.6. The van der Waals surface area contributed by atoms with Gasteiger partial charge < -0.3 is 14.6 Å². The lowest BCUT2D eigenvalue weighted by Crippen LogP contribution is -2.43. The summed E-state index contributed by atoms with van der Waals surface area (Å²) in [4.78, 5) is 19.8. The number of hydrogen-bond donors (Lipinski definition) is 1. The lowest BCUT2D eigenvalue weighted by Gasteiger charge is -2.30. The topological polar surface area (TPSA) is 80.5 Å². The molecule has 24 heavy (non-hydrogen) atoms. The van der Waals surface area contributed by atoms with E-state index in [1.54, 1.807) is 18.4 Å². The highest BCUT2D eigenvalue weighted by Crippen LogP contribution is 2.23. The maximum atomic E-state index is 12.2. The first-order valence-corrected chi connectivity index (χ1v) is 8.99. The van der Waals surface area contributed by atoms with E-state index in [2.05, 4.69) is 20.4 Å². The van der Waals surface area contributed by atoms with Crippen LogP contribution in [-0.2, 0) is 16.1 Å². The maximum Gasteiger partial charge on any atom is 0.241 e. The summed E-state index contributed by atoms with van der Waals surface area (Å²) in [6.07, 6.45) is 1.91. The van der Waals surface area contributed by atoms with Gasteiger partial charge in [0.25, 0.3) is 0 Å². The number of piperidine rings is 1. The summed E-state index contributed by atoms with van der Waals surface area (Å²) in [7, 11) is 1.63. The van der Waals surface area contributed by atoms with Gasteiger partial charge in [0.2, 0.25) is 17.6 Å². The quantitative estimate of drug-likeness (QED) is 0.767. The third-order valence-electron chi connectivity index (χ3n) is 4.05. The van der Waals surface area contributed by atoms with E-state index in [9.17, 15) is 4.79 Å². The summed E-state index contributed by atoms with van der Waals surface area (Å²) in [6.45, 7) is 3.34. The molecule has 3 heterocycles. The van der Waals surface area contributed by atoms with Crippen LogP contribution in [0.3, 0.4) is 0 Å². The highest BCUT2D eigenvalue weighted by atomic mass is 32.1. The third-order valence-corrected chi connectivity index (χ3v) is 4.92. The van der Waals surface area contributed by atoms with Gasteiger partial charge in [-0.3, -0.25) is 9.69 Å². The molecule has 8 heteroatoms. The first-order valence-electron chi connectivity index (χ1n) is 8.11. The van der Waals surface area contributed by atoms with Crippen LogP contribution in [0.1, 0.15) is 18.7 Å². The van der Waals surface area contributed by atoms with Crippen molar-refractivity contribution >= 4 is 17.2 Å². The molecule has 0 saturated carbocycles. The predicted molar refractivity (Wildman–Crippen MR) is 90.5 cm³/mol. The molecule has 0 aromatic carbocycles. The second-order valence-electron chi connectivity index (χ2n) is 5.85. The smallest absolute Gasteiger partial charge is 0.241 e. The molecule has 0 aliphatic carbocycles. The van der Waals surface area contributed by atoms with Crippen LogP contribution in [-0.4, -0.2) is 54.3 Å². The van der Waals surface area contributed by atoms with E-state index in [1.807, 2.05) is 17.5 Å². The lowest BCUT2D eigenvalue weighted by atomic mass is 9.97. The van der Waals surface area contributed by atoms with Crippen molar-refractivity contribution in [3.63, 3.8) is 0 Å². The molecule has 1 aliphatic heterocycles. The molecule has 2 aromatic rings. The van der Waals surface area contributed by atoms with Gasteiger partial charge in [0.1, 0.15) is 0 Å². The fourth-order valence-corrected chi connectivity index (χ4v) is 3.50. The minimum atomic E-state index is 0.00953. The van der Waals surface area contributed by atoms with Crippen molar-refractivity contribution in [2.45, 2.75) is 19.4 Å². The largest absolute Gasteiger partial charge is 0.383 e. The molecule has 3 rings (SSSR count). The average Bonchev–Trinajstić information content (AvgIpc) is 3.26. The fraction of sp³-hybridized carbons (Fsp3) is 0.562. The Bertz CT molecular complexity index is 644. The van der Waals surface area contributed by atoms with Crippen molar-refractivity contribution in [1.29, 1.82) is 0 Å². The molecule has 130 valence electrons. The Balaban J connectivity index is 1.53. The summed E-state index contributed by atoms with van der Waals surface area (Å²) in [5.41, 5.74) is 0. The van der Waals surface area contributed by atoms with E-state index in [4.69, 9.17) is 9.26 Å². The first-order chi connectivity index (χ1) is 11.8. The van der Waals surface area contributed by atoms with Crippen molar-refractivity contribution in [2.24, 2.45) is 5.92 Å². The highest BCUT2D eigenvalue weighted by molar-refractivity contribution is 7.13. The van der Waals surface area contributed by atoms with Gasteiger partial charge in [-0.1, -0.05) is 11.2 Å². The zero-order valence-electron chi connectivity index (χ0n) is 13.7. The number of carbonyl (C=O) groups is 1. The molecule has 0 radical (unpaired) electrons. The second-order valence-corrected chi connectivity index (χ2v) is 6.79. The van der Waals surface area contributed by atoms with Gasteiger partial charge in [-0.05, 0) is 30.8 Å². The highest BCUT2D eigenvalue weighted by Gasteiger charge is 2.26. The second kappa shape index (κ2) is 8.36. The van der Waals surface area contributed by atoms with Crippen LogP contribution in [0.15, 0.2) is 22.0 Å². The average molecular weight is 350 g/mol. The van der Waals surface area contributed by atoms with Crippen LogP contribution < -0.4 is 5.32 Å². The van der Waals surface area contributed by atoms with Crippen LogP contribution in [0, 0.1) is 5.92 Å². The molecule has 1 aliphatic rings. The van der Waals surface area contributed by atoms with Gasteiger partial charge in [-0.15, -0.1) is 11.3 Å². The van der Waals surface area contributed by atoms with Crippen molar-refractivity contribution in [3.05, 3.63) is 23.4 Å². The molecule has 1 atom stereocenters. The summed E-state index contributed by atoms with van der Waals surface area (Å²) in [5.74, 6) is 1.33. The van der Waals surface area contributed by atoms with Crippen LogP contribution in [0.2, 0.25) is 0 Å². The zero-order chi connectivity index (χ0) is 16.8. The molecule has 1 amide bonds. The van der Waals surface area contributed by atoms with Gasteiger partial charge >= 0.3 is 0 Å². The standard InChI is InChI=1S/C16H22N4O3S/c1-22-8-6-17-16(21)12-4-2-7-20(10-12)11-14-18-15(19-23-14)13-5-3-9-24-13/h3,5,9,12H,2,4,6-8,10-11H2,1H3,(H,17,21). The molecule has 1 saturated heterocycles. The monoisotopic (exact) mass is 350 g/mol. The summed E-state index contributed by atoms with van der Waals surface area (Å²) >= 11 is 1.59. The lowest BCUT2D eigenvalue weighted by molar-refractivity contribution is -0.127. The molecule has 1 N–H and O–H groups in total. The Morgan fingerprint density at radius 1 is 1.58 bits per heavy atom. The van der Waals surface area contributed by atoms with Gasteiger partial charge in [0.05, 0.1) is 23.9 Å². The minimum absolute atomic E-state index is 0.00953. The molecular formula is C16H22N4O3S. The number of amides is 1. The third kappa shape index (κ3) is 4.40. The van der Waals surface area contributed by atoms with E-state index in [0.717, 1.165) is 30.8 Å². The van der Waals surface area contributed by atoms with Crippen molar-refractivity contribution in [1.82, 2.24) is 20.4 Å². The number of nitrogens with one attached hydrogen (secondary N) is 1. The van der Waals surface area contributed by atoms with E-state index in [1.165, 1.54) is 0 Å². The van der Waals surface area contributed by atoms with E-state index in [-0.39, 0.29) is 11.8 Å². The Morgan fingerprint density at radius 3 is 3.29 bits per heavy atom. The van der Waals surface area contributed by atoms with E-state index >= 15 is 0 Å². The molecule has 1 unspecified atom stereocenters. The summed E-state index contributed by atoms with van der Waals surface area (Å²) in [5, 5.41) is 8.94. The number of rotatable bonds is 7. The van der Waals surface area contributed by atoms with Gasteiger partial charge in [0.15, 0.2) is 0 Å². The Labute approximate surface area is 145 Å². The van der Waals surface area contributed by atoms with E-state index in [0.29, 0.717) is 31.4 Å². The Hall–Kier alpha value is -1.77. The Morgan fingerprint density at radius 2 is 2.50 bits per heavy atom. The van der Waals surface area contributed by atoms with E-state index < -0.39 is 0 Å². The molecular weight excluding hydrogens is 328 g/mol. The van der Waals surface area contributed by atoms with Gasteiger partial charge in [-0.2, -0.15) is 4.98 Å². The minimum Gasteiger partial charge on any atom is -0.383 e. The normalized spacial score (nSPS) is 18.6. The number of nitrogens with zero attached hydrogens (tertiary/aromatic N) is 3. The molecule has 0 bridgehead atoms. The number of aromatic nitrogens is 2. The molecule has 0 spiro atoms. The maximum absolute atomic E-state index is 12.2. The van der Waals surface area contributed by atoms with Gasteiger partial charge in [0, 0.05) is 20.2 Å². The SMILES string of the molecule is COCCNC(=O)C1CCCN(Cc2nc(-c3cccs3)no2)C1. The molecule has 1 fully saturated rings. The number of likely N-dealkylation sites (tertiary alicyclic amines) is 1. The van der Waals surface area contributed by atoms with Crippen LogP contribution in [0.4, 0.5) is 0 Å². The molecule has 2 aromatic heterocycles. The van der Waals surface area contributed by atoms with Gasteiger partial charge in [-0.25, -0.2) is 0 Å². The van der Waals surface area contributed by atoms with Crippen molar-refractivity contribution in [3.8, 4) is 10.7 Å². The molecule has 7 nitrogen and oxygen atoms in total. The fourth-order valence-electron chi connectivity index (χ4n) is 2.85. The van der Waals surface area contributed by atoms with Crippen molar-refractivity contribution in [2.75, 3.05) is 33.4 Å². The van der Waals surface area contributed by atoms with Crippen molar-refractivity contribution < 1.29 is 14.1 Å². The first kappa shape index (κ1) is 17.1. The summed E-state index contributed by atoms with van der Waals surface area (Å²) in [6, 6.07) is 3.94. The predicted octanol–water partition coefficient (Wildman–Crippen LogP) is 1.77. The number of thiophene rings is 1. The number of ether oxygens (including phenoxy) is 1. The van der Waals surface area contributed by atoms with Crippen LogP contribution >= 0.6 is 11.3 Å². The van der Waals surface area contributed by atoms with Crippen LogP contribution in [0.25, 0.3) is 10.7 Å². The summed E-state index contributed by atoms with van der Waals surface area (Å²) < 4.78 is 10.3. The number of methoxy groups -OCH3 is 1. The number of hydrogen-bond acceptors (Lipinski definition) is 7. The number of carbonyl (C=O) groups excluding carboxylic acids is 1.